The van der Waals surface area contributed by atoms with Gasteiger partial charge < -0.3 is 4.42 Å². The molecule has 0 radical (unpaired) electrons. The van der Waals surface area contributed by atoms with E-state index in [4.69, 9.17) is 4.42 Å². The smallest absolute Gasteiger partial charge is 0.140 e. The minimum atomic E-state index is 0.244. The lowest BCUT2D eigenvalue weighted by Crippen LogP contribution is -2.01. The first-order chi connectivity index (χ1) is 8.11. The maximum Gasteiger partial charge on any atom is 0.140 e. The largest absolute Gasteiger partial charge is 0.460 e. The number of halogens is 1. The second kappa shape index (κ2) is 5.05. The normalized spacial score (nSPS) is 11.0. The molecular formula is C14H15BrO2. The van der Waals surface area contributed by atoms with E-state index in [0.29, 0.717) is 12.8 Å². The number of hydrogen-bond donors (Lipinski definition) is 0. The van der Waals surface area contributed by atoms with Crippen LogP contribution in [-0.4, -0.2) is 5.78 Å². The van der Waals surface area contributed by atoms with Crippen molar-refractivity contribution in [1.29, 1.82) is 0 Å². The van der Waals surface area contributed by atoms with Crippen molar-refractivity contribution in [2.24, 2.45) is 0 Å². The molecule has 17 heavy (non-hydrogen) atoms. The van der Waals surface area contributed by atoms with Crippen LogP contribution < -0.4 is 0 Å². The van der Waals surface area contributed by atoms with Crippen molar-refractivity contribution < 1.29 is 9.21 Å². The average Bonchev–Trinajstić information content (AvgIpc) is 2.57. The van der Waals surface area contributed by atoms with Gasteiger partial charge in [0.05, 0.1) is 6.42 Å². The maximum absolute atomic E-state index is 11.6. The van der Waals surface area contributed by atoms with E-state index in [-0.39, 0.29) is 5.78 Å². The predicted molar refractivity (Wildman–Crippen MR) is 72.3 cm³/mol. The zero-order valence-corrected chi connectivity index (χ0v) is 11.6. The molecule has 0 saturated heterocycles. The summed E-state index contributed by atoms with van der Waals surface area (Å²) in [6, 6.07) is 5.91. The molecule has 0 unspecified atom stereocenters. The first kappa shape index (κ1) is 12.4. The fourth-order valence-electron chi connectivity index (χ4n) is 1.96. The first-order valence-corrected chi connectivity index (χ1v) is 6.60. The highest BCUT2D eigenvalue weighted by Gasteiger charge is 2.13. The number of ketones is 1. The van der Waals surface area contributed by atoms with Crippen LogP contribution >= 0.6 is 15.9 Å². The van der Waals surface area contributed by atoms with Gasteiger partial charge >= 0.3 is 0 Å². The molecule has 2 nitrogen and oxygen atoms in total. The van der Waals surface area contributed by atoms with Crippen LogP contribution in [0.25, 0.3) is 11.0 Å². The van der Waals surface area contributed by atoms with Crippen molar-refractivity contribution in [2.75, 3.05) is 0 Å². The Kier molecular flexibility index (Phi) is 3.67. The number of Topliss-reactive ketones (excluding diaryl/α,β-unsaturated/α-hetero) is 1. The number of hydrogen-bond acceptors (Lipinski definition) is 2. The SMILES string of the molecule is CCCC(=O)Cc1oc2ccc(Br)cc2c1C. The Bertz CT molecular complexity index is 555. The molecule has 1 heterocycles. The molecule has 0 bridgehead atoms. The van der Waals surface area contributed by atoms with Crippen molar-refractivity contribution >= 4 is 32.7 Å². The quantitative estimate of drug-likeness (QED) is 0.836. The highest BCUT2D eigenvalue weighted by molar-refractivity contribution is 9.10. The van der Waals surface area contributed by atoms with Crippen LogP contribution in [0.2, 0.25) is 0 Å². The van der Waals surface area contributed by atoms with Gasteiger partial charge in [0, 0.05) is 16.3 Å². The number of furan rings is 1. The molecule has 0 aliphatic rings. The minimum Gasteiger partial charge on any atom is -0.460 e. The number of benzene rings is 1. The highest BCUT2D eigenvalue weighted by Crippen LogP contribution is 2.28. The summed E-state index contributed by atoms with van der Waals surface area (Å²) in [6.45, 7) is 4.02. The molecule has 2 rings (SSSR count). The number of fused-ring (bicyclic) bond motifs is 1. The third kappa shape index (κ3) is 2.60. The summed E-state index contributed by atoms with van der Waals surface area (Å²) in [5, 5.41) is 1.08. The molecule has 0 fully saturated rings. The average molecular weight is 295 g/mol. The van der Waals surface area contributed by atoms with E-state index in [9.17, 15) is 4.79 Å². The van der Waals surface area contributed by atoms with Crippen molar-refractivity contribution in [3.05, 3.63) is 34.0 Å². The topological polar surface area (TPSA) is 30.2 Å². The van der Waals surface area contributed by atoms with Crippen LogP contribution in [0.1, 0.15) is 31.1 Å². The Morgan fingerprint density at radius 3 is 2.88 bits per heavy atom. The van der Waals surface area contributed by atoms with Gasteiger partial charge in [0.1, 0.15) is 17.1 Å². The molecule has 0 amide bonds. The first-order valence-electron chi connectivity index (χ1n) is 5.81. The monoisotopic (exact) mass is 294 g/mol. The van der Waals surface area contributed by atoms with Gasteiger partial charge in [-0.1, -0.05) is 22.9 Å². The van der Waals surface area contributed by atoms with Crippen LogP contribution in [0.4, 0.5) is 0 Å². The van der Waals surface area contributed by atoms with Crippen LogP contribution in [0.15, 0.2) is 27.1 Å². The van der Waals surface area contributed by atoms with E-state index in [2.05, 4.69) is 15.9 Å². The summed E-state index contributed by atoms with van der Waals surface area (Å²) < 4.78 is 6.76. The molecule has 0 N–H and O–H groups in total. The molecule has 0 spiro atoms. The van der Waals surface area contributed by atoms with E-state index in [1.807, 2.05) is 32.0 Å². The molecule has 3 heteroatoms. The highest BCUT2D eigenvalue weighted by atomic mass is 79.9. The van der Waals surface area contributed by atoms with Gasteiger partial charge in [-0.3, -0.25) is 4.79 Å². The third-order valence-electron chi connectivity index (χ3n) is 2.88. The lowest BCUT2D eigenvalue weighted by Gasteiger charge is -1.96. The second-order valence-corrected chi connectivity index (χ2v) is 5.17. The summed E-state index contributed by atoms with van der Waals surface area (Å²) in [5.41, 5.74) is 1.93. The van der Waals surface area contributed by atoms with Crippen molar-refractivity contribution in [1.82, 2.24) is 0 Å². The number of carbonyl (C=O) groups is 1. The van der Waals surface area contributed by atoms with E-state index >= 15 is 0 Å². The van der Waals surface area contributed by atoms with Gasteiger partial charge in [-0.2, -0.15) is 0 Å². The lowest BCUT2D eigenvalue weighted by atomic mass is 10.1. The van der Waals surface area contributed by atoms with Gasteiger partial charge in [-0.05, 0) is 37.1 Å². The number of carbonyl (C=O) groups excluding carboxylic acids is 1. The Morgan fingerprint density at radius 1 is 1.41 bits per heavy atom. The van der Waals surface area contributed by atoms with Crippen LogP contribution in [0, 0.1) is 6.92 Å². The summed E-state index contributed by atoms with van der Waals surface area (Å²) >= 11 is 3.44. The Labute approximate surface area is 109 Å². The van der Waals surface area contributed by atoms with Gasteiger partial charge in [0.15, 0.2) is 0 Å². The second-order valence-electron chi connectivity index (χ2n) is 4.26. The zero-order chi connectivity index (χ0) is 12.4. The molecule has 1 aromatic heterocycles. The van der Waals surface area contributed by atoms with Gasteiger partial charge in [0.25, 0.3) is 0 Å². The van der Waals surface area contributed by atoms with Gasteiger partial charge in [0.2, 0.25) is 0 Å². The van der Waals surface area contributed by atoms with E-state index < -0.39 is 0 Å². The summed E-state index contributed by atoms with van der Waals surface area (Å²) in [4.78, 5) is 11.6. The zero-order valence-electron chi connectivity index (χ0n) is 10.0. The Morgan fingerprint density at radius 2 is 2.18 bits per heavy atom. The summed E-state index contributed by atoms with van der Waals surface area (Å²) in [7, 11) is 0. The molecule has 0 atom stereocenters. The Balaban J connectivity index is 2.35. The predicted octanol–water partition coefficient (Wildman–Crippen LogP) is 4.42. The molecule has 0 aliphatic carbocycles. The number of rotatable bonds is 4. The van der Waals surface area contributed by atoms with Crippen molar-refractivity contribution in [3.63, 3.8) is 0 Å². The standard InChI is InChI=1S/C14H15BrO2/c1-3-4-11(16)8-14-9(2)12-7-10(15)5-6-13(12)17-14/h5-7H,3-4,8H2,1-2H3. The van der Waals surface area contributed by atoms with E-state index in [0.717, 1.165) is 33.2 Å². The van der Waals surface area contributed by atoms with Crippen LogP contribution in [0.3, 0.4) is 0 Å². The lowest BCUT2D eigenvalue weighted by molar-refractivity contribution is -0.118. The minimum absolute atomic E-state index is 0.244. The summed E-state index contributed by atoms with van der Waals surface area (Å²) in [6.07, 6.45) is 1.93. The van der Waals surface area contributed by atoms with E-state index in [1.54, 1.807) is 0 Å². The molecule has 90 valence electrons. The summed E-state index contributed by atoms with van der Waals surface area (Å²) in [5.74, 6) is 1.05. The third-order valence-corrected chi connectivity index (χ3v) is 3.38. The fourth-order valence-corrected chi connectivity index (χ4v) is 2.32. The van der Waals surface area contributed by atoms with Gasteiger partial charge in [-0.25, -0.2) is 0 Å². The van der Waals surface area contributed by atoms with Crippen LogP contribution in [0.5, 0.6) is 0 Å². The molecule has 0 aliphatic heterocycles. The Hall–Kier alpha value is -1.09. The molecule has 1 aromatic carbocycles. The number of aryl methyl sites for hydroxylation is 1. The maximum atomic E-state index is 11.6. The molecule has 0 saturated carbocycles. The van der Waals surface area contributed by atoms with Gasteiger partial charge in [-0.15, -0.1) is 0 Å². The van der Waals surface area contributed by atoms with Crippen LogP contribution in [-0.2, 0) is 11.2 Å². The fraction of sp³-hybridized carbons (Fsp3) is 0.357. The van der Waals surface area contributed by atoms with Crippen molar-refractivity contribution in [3.8, 4) is 0 Å². The molecule has 2 aromatic rings. The van der Waals surface area contributed by atoms with E-state index in [1.165, 1.54) is 0 Å². The van der Waals surface area contributed by atoms with Crippen molar-refractivity contribution in [2.45, 2.75) is 33.1 Å². The molecular weight excluding hydrogens is 280 g/mol.